The van der Waals surface area contributed by atoms with Crippen LogP contribution in [0.5, 0.6) is 0 Å². The number of hydrogen-bond donors (Lipinski definition) is 1. The lowest BCUT2D eigenvalue weighted by Crippen LogP contribution is -2.50. The molecule has 226 valence electrons. The van der Waals surface area contributed by atoms with E-state index >= 15 is 0 Å². The van der Waals surface area contributed by atoms with Gasteiger partial charge in [-0.2, -0.15) is 18.3 Å². The molecule has 3 aliphatic rings. The van der Waals surface area contributed by atoms with Gasteiger partial charge in [-0.05, 0) is 49.8 Å². The van der Waals surface area contributed by atoms with Crippen LogP contribution in [0.2, 0.25) is 0 Å². The van der Waals surface area contributed by atoms with E-state index in [1.54, 1.807) is 21.7 Å². The third-order valence-corrected chi connectivity index (χ3v) is 9.13. The van der Waals surface area contributed by atoms with Crippen LogP contribution in [0, 0.1) is 5.82 Å². The van der Waals surface area contributed by atoms with Crippen LogP contribution in [0.15, 0.2) is 60.8 Å². The van der Waals surface area contributed by atoms with Crippen molar-refractivity contribution in [3.63, 3.8) is 0 Å². The second-order valence-electron chi connectivity index (χ2n) is 11.8. The molecule has 1 atom stereocenters. The average molecular weight is 598 g/mol. The Labute approximate surface area is 245 Å². The maximum absolute atomic E-state index is 14.5. The van der Waals surface area contributed by atoms with Crippen LogP contribution < -0.4 is 5.32 Å². The van der Waals surface area contributed by atoms with Crippen LogP contribution in [-0.2, 0) is 15.6 Å². The number of nitrogens with zero attached hydrogens (tertiary/aromatic N) is 4. The minimum atomic E-state index is -4.89. The fraction of sp³-hybridized carbons (Fsp3) is 0.419. The molecule has 1 aromatic heterocycles. The molecular weight excluding hydrogens is 566 g/mol. The molecular formula is C31H31F4N5O3. The van der Waals surface area contributed by atoms with Crippen molar-refractivity contribution in [2.75, 3.05) is 25.0 Å². The molecule has 1 aliphatic carbocycles. The second kappa shape index (κ2) is 10.5. The first kappa shape index (κ1) is 28.9. The number of hydrogen-bond acceptors (Lipinski definition) is 4. The molecule has 2 aliphatic heterocycles. The number of para-hydroxylation sites is 1. The number of likely N-dealkylation sites (tertiary alicyclic amines) is 2. The van der Waals surface area contributed by atoms with E-state index in [0.717, 1.165) is 17.7 Å². The molecule has 1 N–H and O–H groups in total. The molecule has 3 aromatic rings. The topological polar surface area (TPSA) is 87.5 Å². The van der Waals surface area contributed by atoms with Crippen molar-refractivity contribution >= 4 is 23.5 Å². The third-order valence-electron chi connectivity index (χ3n) is 9.13. The van der Waals surface area contributed by atoms with Crippen molar-refractivity contribution in [3.8, 4) is 0 Å². The van der Waals surface area contributed by atoms with Gasteiger partial charge in [0.1, 0.15) is 5.82 Å². The number of aromatic nitrogens is 2. The molecule has 6 rings (SSSR count). The van der Waals surface area contributed by atoms with Gasteiger partial charge in [0.2, 0.25) is 5.91 Å². The smallest absolute Gasteiger partial charge is 0.324 e. The van der Waals surface area contributed by atoms with Crippen molar-refractivity contribution in [2.24, 2.45) is 0 Å². The summed E-state index contributed by atoms with van der Waals surface area (Å²) in [5, 5.41) is 7.11. The van der Waals surface area contributed by atoms with E-state index < -0.39 is 47.1 Å². The Hall–Kier alpha value is -4.22. The Morgan fingerprint density at radius 3 is 2.23 bits per heavy atom. The molecule has 3 fully saturated rings. The predicted molar refractivity (Wildman–Crippen MR) is 149 cm³/mol. The highest BCUT2D eigenvalue weighted by Gasteiger charge is 2.66. The van der Waals surface area contributed by atoms with Crippen molar-refractivity contribution in [3.05, 3.63) is 83.4 Å². The lowest BCUT2D eigenvalue weighted by atomic mass is 9.78. The summed E-state index contributed by atoms with van der Waals surface area (Å²) >= 11 is 0. The van der Waals surface area contributed by atoms with Crippen molar-refractivity contribution < 1.29 is 31.9 Å². The fourth-order valence-corrected chi connectivity index (χ4v) is 6.37. The summed E-state index contributed by atoms with van der Waals surface area (Å²) in [6.07, 6.45) is -1.52. The molecule has 4 amide bonds. The number of carbonyl (C=O) groups excluding carboxylic acids is 3. The maximum atomic E-state index is 14.5. The van der Waals surface area contributed by atoms with Crippen molar-refractivity contribution in [1.82, 2.24) is 19.6 Å². The Balaban J connectivity index is 1.22. The third kappa shape index (κ3) is 4.86. The summed E-state index contributed by atoms with van der Waals surface area (Å²) in [5.41, 5.74) is -2.53. The van der Waals surface area contributed by atoms with E-state index in [9.17, 15) is 31.9 Å². The number of rotatable bonds is 5. The maximum Gasteiger partial charge on any atom is 0.407 e. The molecule has 2 aromatic carbocycles. The standard InChI is InChI=1S/C31H31F4N5O3/c1-29(13-14-29)25-22(26(41)39-18-15-30(27(39)42,31(33,34)35)20-7-3-2-4-8-20)19-36-40(25)21-11-16-38(17-12-21)28(43)37-24-10-6-5-9-23(24)32/h2-10,19,21H,11-18H2,1H3,(H,37,43). The Kier molecular flexibility index (Phi) is 7.05. The summed E-state index contributed by atoms with van der Waals surface area (Å²) in [7, 11) is 0. The number of carbonyl (C=O) groups is 3. The number of benzene rings is 2. The van der Waals surface area contributed by atoms with Gasteiger partial charge < -0.3 is 10.2 Å². The second-order valence-corrected chi connectivity index (χ2v) is 11.8. The normalized spacial score (nSPS) is 22.1. The van der Waals surface area contributed by atoms with Crippen LogP contribution in [0.25, 0.3) is 0 Å². The molecule has 3 heterocycles. The highest BCUT2D eigenvalue weighted by molar-refractivity contribution is 6.10. The highest BCUT2D eigenvalue weighted by atomic mass is 19.4. The predicted octanol–water partition coefficient (Wildman–Crippen LogP) is 5.82. The summed E-state index contributed by atoms with van der Waals surface area (Å²) in [5.74, 6) is -2.58. The van der Waals surface area contributed by atoms with E-state index in [4.69, 9.17) is 0 Å². The molecule has 43 heavy (non-hydrogen) atoms. The molecule has 0 spiro atoms. The zero-order valence-electron chi connectivity index (χ0n) is 23.5. The van der Waals surface area contributed by atoms with Crippen LogP contribution in [-0.4, -0.2) is 63.2 Å². The van der Waals surface area contributed by atoms with Gasteiger partial charge in [0.05, 0.1) is 29.2 Å². The lowest BCUT2D eigenvalue weighted by molar-refractivity contribution is -0.192. The number of halogens is 4. The van der Waals surface area contributed by atoms with E-state index in [-0.39, 0.29) is 29.4 Å². The van der Waals surface area contributed by atoms with Crippen LogP contribution in [0.4, 0.5) is 28.0 Å². The van der Waals surface area contributed by atoms with Crippen molar-refractivity contribution in [1.29, 1.82) is 0 Å². The zero-order chi connectivity index (χ0) is 30.6. The van der Waals surface area contributed by atoms with Gasteiger partial charge in [-0.25, -0.2) is 9.18 Å². The Morgan fingerprint density at radius 1 is 0.953 bits per heavy atom. The number of imide groups is 1. The summed E-state index contributed by atoms with van der Waals surface area (Å²) < 4.78 is 59.3. The van der Waals surface area contributed by atoms with E-state index in [1.807, 2.05) is 6.92 Å². The number of amides is 4. The minimum absolute atomic E-state index is 0.0899. The first-order valence-electron chi connectivity index (χ1n) is 14.3. The molecule has 1 saturated carbocycles. The number of nitrogens with one attached hydrogen (secondary N) is 1. The van der Waals surface area contributed by atoms with Gasteiger partial charge in [-0.1, -0.05) is 49.4 Å². The Morgan fingerprint density at radius 2 is 1.60 bits per heavy atom. The number of piperidine rings is 1. The molecule has 0 bridgehead atoms. The number of alkyl halides is 3. The first-order valence-corrected chi connectivity index (χ1v) is 14.3. The van der Waals surface area contributed by atoms with Crippen LogP contribution in [0.3, 0.4) is 0 Å². The van der Waals surface area contributed by atoms with Crippen LogP contribution in [0.1, 0.15) is 66.7 Å². The molecule has 0 radical (unpaired) electrons. The SMILES string of the molecule is CC1(c2c(C(=O)N3CCC(c4ccccc4)(C(F)(F)F)C3=O)cnn2C2CCN(C(=O)Nc3ccccc3F)CC2)CC1. The van der Waals surface area contributed by atoms with E-state index in [2.05, 4.69) is 10.4 Å². The average Bonchev–Trinajstić information content (AvgIpc) is 3.40. The fourth-order valence-electron chi connectivity index (χ4n) is 6.37. The Bertz CT molecular complexity index is 1560. The molecule has 1 unspecified atom stereocenters. The van der Waals surface area contributed by atoms with E-state index in [0.29, 0.717) is 31.6 Å². The van der Waals surface area contributed by atoms with Gasteiger partial charge >= 0.3 is 12.2 Å². The number of urea groups is 1. The lowest BCUT2D eigenvalue weighted by Gasteiger charge is -2.33. The van der Waals surface area contributed by atoms with E-state index in [1.165, 1.54) is 48.7 Å². The first-order chi connectivity index (χ1) is 20.5. The highest BCUT2D eigenvalue weighted by Crippen LogP contribution is 2.52. The monoisotopic (exact) mass is 597 g/mol. The van der Waals surface area contributed by atoms with Crippen LogP contribution >= 0.6 is 0 Å². The molecule has 8 nitrogen and oxygen atoms in total. The summed E-state index contributed by atoms with van der Waals surface area (Å²) in [6, 6.07) is 12.3. The van der Waals surface area contributed by atoms with Gasteiger partial charge in [0.15, 0.2) is 5.41 Å². The van der Waals surface area contributed by atoms with Crippen molar-refractivity contribution in [2.45, 2.75) is 62.1 Å². The minimum Gasteiger partial charge on any atom is -0.324 e. The van der Waals surface area contributed by atoms with Gasteiger partial charge in [0.25, 0.3) is 5.91 Å². The van der Waals surface area contributed by atoms with Gasteiger partial charge in [0, 0.05) is 25.0 Å². The quantitative estimate of drug-likeness (QED) is 0.297. The summed E-state index contributed by atoms with van der Waals surface area (Å²) in [6.45, 7) is 2.34. The summed E-state index contributed by atoms with van der Waals surface area (Å²) in [4.78, 5) is 42.4. The van der Waals surface area contributed by atoms with Gasteiger partial charge in [-0.15, -0.1) is 0 Å². The largest absolute Gasteiger partial charge is 0.407 e. The zero-order valence-corrected chi connectivity index (χ0v) is 23.5. The molecule has 12 heteroatoms. The number of anilines is 1. The molecule has 2 saturated heterocycles. The van der Waals surface area contributed by atoms with Gasteiger partial charge in [-0.3, -0.25) is 19.2 Å².